The minimum atomic E-state index is -0.972. The van der Waals surface area contributed by atoms with Crippen LogP contribution in [-0.4, -0.2) is 56.6 Å². The predicted octanol–water partition coefficient (Wildman–Crippen LogP) is -1.22. The van der Waals surface area contributed by atoms with Crippen LogP contribution in [-0.2, 0) is 25.6 Å². The van der Waals surface area contributed by atoms with Gasteiger partial charge >= 0.3 is 11.8 Å². The second-order valence-corrected chi connectivity index (χ2v) is 6.86. The van der Waals surface area contributed by atoms with Crippen molar-refractivity contribution in [1.29, 1.82) is 0 Å². The Hall–Kier alpha value is -2.39. The lowest BCUT2D eigenvalue weighted by atomic mass is 9.81. The van der Waals surface area contributed by atoms with Gasteiger partial charge in [0.1, 0.15) is 11.8 Å². The van der Waals surface area contributed by atoms with Crippen LogP contribution in [0.15, 0.2) is 12.5 Å². The Morgan fingerprint density at radius 2 is 2.08 bits per heavy atom. The zero-order chi connectivity index (χ0) is 18.2. The highest BCUT2D eigenvalue weighted by molar-refractivity contribution is 5.99. The molecule has 1 saturated carbocycles. The fraction of sp³-hybridized carbons (Fsp3) is 0.562. The molecule has 2 heterocycles. The lowest BCUT2D eigenvalue weighted by Crippen LogP contribution is -2.69. The maximum absolute atomic E-state index is 13.2. The third kappa shape index (κ3) is 2.89. The Balaban J connectivity index is 1.90. The van der Waals surface area contributed by atoms with E-state index in [1.165, 1.54) is 6.33 Å². The van der Waals surface area contributed by atoms with Crippen molar-refractivity contribution in [2.75, 3.05) is 6.54 Å². The van der Waals surface area contributed by atoms with Crippen molar-refractivity contribution in [2.24, 2.45) is 17.4 Å². The Morgan fingerprint density at radius 3 is 2.64 bits per heavy atom. The van der Waals surface area contributed by atoms with E-state index in [9.17, 15) is 19.2 Å². The van der Waals surface area contributed by atoms with Crippen molar-refractivity contribution in [1.82, 2.24) is 9.97 Å². The summed E-state index contributed by atoms with van der Waals surface area (Å²) in [6.45, 7) is 0.201. The van der Waals surface area contributed by atoms with Crippen molar-refractivity contribution >= 4 is 23.5 Å². The van der Waals surface area contributed by atoms with E-state index in [-0.39, 0.29) is 31.6 Å². The monoisotopic (exact) mass is 348 g/mol. The highest BCUT2D eigenvalue weighted by atomic mass is 16.2. The molecule has 0 spiro atoms. The number of Topliss-reactive ketones (excluding diaryl/α,β-unsaturated/α-hetero) is 1. The van der Waals surface area contributed by atoms with Gasteiger partial charge in [-0.25, -0.2) is 14.6 Å². The first-order chi connectivity index (χ1) is 11.9. The highest BCUT2D eigenvalue weighted by Gasteiger charge is 2.60. The minimum Gasteiger partial charge on any atom is -0.364 e. The quantitative estimate of drug-likeness (QED) is 0.568. The minimum absolute atomic E-state index is 0.0134. The van der Waals surface area contributed by atoms with Gasteiger partial charge in [0.2, 0.25) is 0 Å². The SMILES string of the molecule is NC(=O)[C@@H]1CCC[N+]1(C(=O)C1CC(=O)C1)C(=O)[C@@H](N)Cc1cnc[nH]1. The third-order valence-corrected chi connectivity index (χ3v) is 5.24. The van der Waals surface area contributed by atoms with Crippen LogP contribution in [0.2, 0.25) is 0 Å². The van der Waals surface area contributed by atoms with Crippen molar-refractivity contribution in [3.05, 3.63) is 18.2 Å². The Bertz CT molecular complexity index is 708. The van der Waals surface area contributed by atoms with Crippen LogP contribution in [0.3, 0.4) is 0 Å². The number of nitrogens with one attached hydrogen (secondary N) is 1. The molecule has 2 fully saturated rings. The van der Waals surface area contributed by atoms with Gasteiger partial charge in [-0.3, -0.25) is 9.59 Å². The van der Waals surface area contributed by atoms with Gasteiger partial charge in [0.15, 0.2) is 6.04 Å². The van der Waals surface area contributed by atoms with Crippen LogP contribution < -0.4 is 11.5 Å². The number of imide groups is 1. The number of imidazole rings is 1. The molecule has 1 aromatic heterocycles. The standard InChI is InChI=1S/C16H21N5O4/c17-12(6-10-7-19-8-20-10)16(25)21(3-1-2-13(21)14(18)23)15(24)9-4-11(22)5-9/h7-9,12-13H,1-6,17H2,(H2-,18,19,20,23)/p+1/t12-,13-,21?/m0/s1. The van der Waals surface area contributed by atoms with Crippen molar-refractivity contribution in [2.45, 2.75) is 44.2 Å². The fourth-order valence-corrected chi connectivity index (χ4v) is 3.91. The van der Waals surface area contributed by atoms with E-state index in [0.717, 1.165) is 0 Å². The lowest BCUT2D eigenvalue weighted by Gasteiger charge is -2.38. The van der Waals surface area contributed by atoms with Crippen molar-refractivity contribution in [3.63, 3.8) is 0 Å². The number of aromatic amines is 1. The summed E-state index contributed by atoms with van der Waals surface area (Å²) in [5.74, 6) is -2.14. The molecular weight excluding hydrogens is 326 g/mol. The number of carbonyl (C=O) groups is 4. The van der Waals surface area contributed by atoms with Crippen LogP contribution in [0.5, 0.6) is 0 Å². The van der Waals surface area contributed by atoms with Gasteiger partial charge in [-0.1, -0.05) is 0 Å². The number of hydrogen-bond acceptors (Lipinski definition) is 6. The molecule has 3 atom stereocenters. The summed E-state index contributed by atoms with van der Waals surface area (Å²) < 4.78 is -0.650. The summed E-state index contributed by atoms with van der Waals surface area (Å²) in [5, 5.41) is 0. The molecule has 1 aromatic rings. The first kappa shape index (κ1) is 17.4. The van der Waals surface area contributed by atoms with Gasteiger partial charge in [0.05, 0.1) is 18.8 Å². The average molecular weight is 348 g/mol. The van der Waals surface area contributed by atoms with E-state index < -0.39 is 40.2 Å². The van der Waals surface area contributed by atoms with E-state index in [1.807, 2.05) is 0 Å². The largest absolute Gasteiger partial charge is 0.364 e. The molecular formula is C16H22N5O4+. The molecule has 9 nitrogen and oxygen atoms in total. The smallest absolute Gasteiger partial charge is 0.338 e. The first-order valence-electron chi connectivity index (χ1n) is 8.36. The molecule has 9 heteroatoms. The number of carbonyl (C=O) groups excluding carboxylic acids is 4. The highest BCUT2D eigenvalue weighted by Crippen LogP contribution is 2.36. The number of nitrogens with two attached hydrogens (primary N) is 2. The fourth-order valence-electron chi connectivity index (χ4n) is 3.91. The van der Waals surface area contributed by atoms with Gasteiger partial charge < -0.3 is 16.5 Å². The molecule has 25 heavy (non-hydrogen) atoms. The number of ketones is 1. The summed E-state index contributed by atoms with van der Waals surface area (Å²) in [7, 11) is 0. The van der Waals surface area contributed by atoms with E-state index >= 15 is 0 Å². The lowest BCUT2D eigenvalue weighted by molar-refractivity contribution is -0.784. The first-order valence-corrected chi connectivity index (χ1v) is 8.36. The number of amides is 3. The second kappa shape index (κ2) is 6.49. The Morgan fingerprint density at radius 1 is 1.36 bits per heavy atom. The molecule has 1 saturated heterocycles. The van der Waals surface area contributed by atoms with Crippen LogP contribution >= 0.6 is 0 Å². The van der Waals surface area contributed by atoms with Crippen molar-refractivity contribution in [3.8, 4) is 0 Å². The number of H-pyrrole nitrogens is 1. The van der Waals surface area contributed by atoms with E-state index in [2.05, 4.69) is 9.97 Å². The van der Waals surface area contributed by atoms with E-state index in [1.54, 1.807) is 6.20 Å². The molecule has 0 radical (unpaired) electrons. The van der Waals surface area contributed by atoms with E-state index in [4.69, 9.17) is 11.5 Å². The van der Waals surface area contributed by atoms with Crippen LogP contribution in [0.4, 0.5) is 0 Å². The van der Waals surface area contributed by atoms with E-state index in [0.29, 0.717) is 18.5 Å². The topological polar surface area (TPSA) is 149 Å². The normalized spacial score (nSPS) is 27.7. The zero-order valence-corrected chi connectivity index (χ0v) is 13.8. The average Bonchev–Trinajstić information content (AvgIpc) is 3.20. The predicted molar refractivity (Wildman–Crippen MR) is 85.4 cm³/mol. The summed E-state index contributed by atoms with van der Waals surface area (Å²) in [5.41, 5.74) is 12.2. The molecule has 0 bridgehead atoms. The molecule has 134 valence electrons. The van der Waals surface area contributed by atoms with Crippen LogP contribution in [0.25, 0.3) is 0 Å². The number of likely N-dealkylation sites (tertiary alicyclic amines) is 1. The molecule has 3 amide bonds. The van der Waals surface area contributed by atoms with Gasteiger partial charge in [0.25, 0.3) is 5.91 Å². The van der Waals surface area contributed by atoms with Gasteiger partial charge in [-0.15, -0.1) is 0 Å². The third-order valence-electron chi connectivity index (χ3n) is 5.24. The number of hydrogen-bond donors (Lipinski definition) is 3. The number of aromatic nitrogens is 2. The van der Waals surface area contributed by atoms with Crippen LogP contribution in [0.1, 0.15) is 31.4 Å². The van der Waals surface area contributed by atoms with Crippen LogP contribution in [0, 0.1) is 5.92 Å². The molecule has 0 aromatic carbocycles. The number of primary amides is 1. The maximum Gasteiger partial charge on any atom is 0.338 e. The number of quaternary nitrogens is 1. The molecule has 1 unspecified atom stereocenters. The molecule has 1 aliphatic heterocycles. The van der Waals surface area contributed by atoms with Gasteiger partial charge in [-0.2, -0.15) is 4.48 Å². The molecule has 1 aliphatic carbocycles. The van der Waals surface area contributed by atoms with Gasteiger partial charge in [-0.05, 0) is 0 Å². The number of rotatable bonds is 5. The summed E-state index contributed by atoms with van der Waals surface area (Å²) in [4.78, 5) is 56.2. The molecule has 2 aliphatic rings. The number of nitrogens with zero attached hydrogens (tertiary/aromatic N) is 2. The molecule has 5 N–H and O–H groups in total. The Kier molecular flexibility index (Phi) is 4.53. The Labute approximate surface area is 144 Å². The van der Waals surface area contributed by atoms with Crippen molar-refractivity contribution < 1.29 is 23.7 Å². The molecule has 3 rings (SSSR count). The summed E-state index contributed by atoms with van der Waals surface area (Å²) >= 11 is 0. The summed E-state index contributed by atoms with van der Waals surface area (Å²) in [6, 6.07) is -1.89. The maximum atomic E-state index is 13.2. The summed E-state index contributed by atoms with van der Waals surface area (Å²) in [6.07, 6.45) is 4.35. The van der Waals surface area contributed by atoms with Gasteiger partial charge in [0, 0.05) is 44.0 Å². The second-order valence-electron chi connectivity index (χ2n) is 6.86. The zero-order valence-electron chi connectivity index (χ0n) is 13.8.